The zero-order valence-electron chi connectivity index (χ0n) is 12.2. The number of nitrogens with two attached hydrogens (primary N) is 1. The molecule has 1 rings (SSSR count). The highest BCUT2D eigenvalue weighted by Gasteiger charge is 2.45. The van der Waals surface area contributed by atoms with Crippen LogP contribution in [0.5, 0.6) is 0 Å². The topological polar surface area (TPSA) is 46.3 Å². The van der Waals surface area contributed by atoms with Gasteiger partial charge >= 0.3 is 0 Å². The Labute approximate surface area is 106 Å². The molecule has 1 fully saturated rings. The van der Waals surface area contributed by atoms with Gasteiger partial charge in [0, 0.05) is 25.0 Å². The van der Waals surface area contributed by atoms with Gasteiger partial charge in [-0.3, -0.25) is 4.79 Å². The lowest BCUT2D eigenvalue weighted by Gasteiger charge is -2.47. The molecule has 100 valence electrons. The molecule has 0 radical (unpaired) electrons. The van der Waals surface area contributed by atoms with Gasteiger partial charge < -0.3 is 10.6 Å². The average molecular weight is 240 g/mol. The van der Waals surface area contributed by atoms with Crippen molar-refractivity contribution in [2.75, 3.05) is 7.05 Å². The minimum Gasteiger partial charge on any atom is -0.343 e. The standard InChI is InChI=1S/C14H28N2O/c1-9(2)16(6)13(17)11-7-8-12(15)10(3)14(11,4)5/h9-12H,7-8,15H2,1-6H3. The summed E-state index contributed by atoms with van der Waals surface area (Å²) in [6.07, 6.45) is 1.89. The van der Waals surface area contributed by atoms with E-state index in [0.29, 0.717) is 5.92 Å². The van der Waals surface area contributed by atoms with Crippen LogP contribution in [-0.2, 0) is 4.79 Å². The Hall–Kier alpha value is -0.570. The van der Waals surface area contributed by atoms with E-state index >= 15 is 0 Å². The Morgan fingerprint density at radius 1 is 1.35 bits per heavy atom. The van der Waals surface area contributed by atoms with E-state index in [-0.39, 0.29) is 29.3 Å². The van der Waals surface area contributed by atoms with E-state index in [9.17, 15) is 4.79 Å². The average Bonchev–Trinajstić information content (AvgIpc) is 2.24. The Morgan fingerprint density at radius 3 is 2.35 bits per heavy atom. The summed E-state index contributed by atoms with van der Waals surface area (Å²) >= 11 is 0. The van der Waals surface area contributed by atoms with Gasteiger partial charge in [0.1, 0.15) is 0 Å². The summed E-state index contributed by atoms with van der Waals surface area (Å²) in [5.74, 6) is 0.791. The molecule has 0 bridgehead atoms. The lowest BCUT2D eigenvalue weighted by molar-refractivity contribution is -0.143. The highest BCUT2D eigenvalue weighted by atomic mass is 16.2. The van der Waals surface area contributed by atoms with Gasteiger partial charge in [0.15, 0.2) is 0 Å². The number of rotatable bonds is 2. The SMILES string of the molecule is CC(C)N(C)C(=O)C1CCC(N)C(C)C1(C)C. The van der Waals surface area contributed by atoms with Crippen LogP contribution >= 0.6 is 0 Å². The molecule has 0 aliphatic heterocycles. The summed E-state index contributed by atoms with van der Waals surface area (Å²) in [6, 6.07) is 0.502. The fraction of sp³-hybridized carbons (Fsp3) is 0.929. The minimum absolute atomic E-state index is 0.00208. The maximum atomic E-state index is 12.5. The summed E-state index contributed by atoms with van der Waals surface area (Å²) in [5.41, 5.74) is 6.13. The largest absolute Gasteiger partial charge is 0.343 e. The smallest absolute Gasteiger partial charge is 0.226 e. The highest BCUT2D eigenvalue weighted by Crippen LogP contribution is 2.45. The van der Waals surface area contributed by atoms with Crippen molar-refractivity contribution in [3.63, 3.8) is 0 Å². The molecule has 1 aliphatic carbocycles. The normalized spacial score (nSPS) is 32.6. The minimum atomic E-state index is -0.00208. The third kappa shape index (κ3) is 2.65. The summed E-state index contributed by atoms with van der Waals surface area (Å²) in [5, 5.41) is 0. The van der Waals surface area contributed by atoms with E-state index in [1.165, 1.54) is 0 Å². The van der Waals surface area contributed by atoms with Gasteiger partial charge in [-0.05, 0) is 38.0 Å². The van der Waals surface area contributed by atoms with Crippen LogP contribution in [0.1, 0.15) is 47.5 Å². The molecule has 0 aromatic rings. The molecule has 0 heterocycles. The molecular formula is C14H28N2O. The van der Waals surface area contributed by atoms with Crippen LogP contribution in [0, 0.1) is 17.3 Å². The monoisotopic (exact) mass is 240 g/mol. The number of hydrogen-bond donors (Lipinski definition) is 1. The van der Waals surface area contributed by atoms with Crippen molar-refractivity contribution in [1.82, 2.24) is 4.90 Å². The molecule has 0 saturated heterocycles. The molecule has 0 aromatic carbocycles. The number of amides is 1. The van der Waals surface area contributed by atoms with Crippen molar-refractivity contribution >= 4 is 5.91 Å². The number of hydrogen-bond acceptors (Lipinski definition) is 2. The second-order valence-corrected chi connectivity index (χ2v) is 6.45. The van der Waals surface area contributed by atoms with Gasteiger partial charge in [-0.2, -0.15) is 0 Å². The zero-order valence-corrected chi connectivity index (χ0v) is 12.2. The van der Waals surface area contributed by atoms with E-state index in [4.69, 9.17) is 5.73 Å². The van der Waals surface area contributed by atoms with Crippen LogP contribution in [-0.4, -0.2) is 29.9 Å². The Morgan fingerprint density at radius 2 is 1.88 bits per heavy atom. The first-order chi connectivity index (χ1) is 7.69. The number of carbonyl (C=O) groups excluding carboxylic acids is 1. The van der Waals surface area contributed by atoms with Crippen LogP contribution < -0.4 is 5.73 Å². The molecular weight excluding hydrogens is 212 g/mol. The van der Waals surface area contributed by atoms with Crippen molar-refractivity contribution < 1.29 is 4.79 Å². The van der Waals surface area contributed by atoms with Crippen molar-refractivity contribution in [2.45, 2.75) is 59.5 Å². The Kier molecular flexibility index (Phi) is 4.23. The quantitative estimate of drug-likeness (QED) is 0.804. The molecule has 1 aliphatic rings. The number of nitrogens with zero attached hydrogens (tertiary/aromatic N) is 1. The van der Waals surface area contributed by atoms with Gasteiger partial charge in [0.05, 0.1) is 0 Å². The highest BCUT2D eigenvalue weighted by molar-refractivity contribution is 5.79. The van der Waals surface area contributed by atoms with E-state index in [1.807, 2.05) is 11.9 Å². The predicted octanol–water partition coefficient (Wildman–Crippen LogP) is 2.25. The van der Waals surface area contributed by atoms with Crippen LogP contribution in [0.15, 0.2) is 0 Å². The molecule has 1 amide bonds. The first-order valence-electron chi connectivity index (χ1n) is 6.71. The second kappa shape index (κ2) is 4.97. The van der Waals surface area contributed by atoms with Crippen molar-refractivity contribution in [3.8, 4) is 0 Å². The van der Waals surface area contributed by atoms with Crippen LogP contribution in [0.25, 0.3) is 0 Å². The molecule has 3 nitrogen and oxygen atoms in total. The zero-order chi connectivity index (χ0) is 13.4. The molecule has 0 spiro atoms. The van der Waals surface area contributed by atoms with Gasteiger partial charge in [-0.1, -0.05) is 20.8 Å². The van der Waals surface area contributed by atoms with Crippen molar-refractivity contribution in [3.05, 3.63) is 0 Å². The Bertz CT molecular complexity index is 286. The van der Waals surface area contributed by atoms with Gasteiger partial charge in [-0.15, -0.1) is 0 Å². The van der Waals surface area contributed by atoms with E-state index in [0.717, 1.165) is 12.8 Å². The van der Waals surface area contributed by atoms with Crippen molar-refractivity contribution in [1.29, 1.82) is 0 Å². The van der Waals surface area contributed by atoms with Gasteiger partial charge in [0.2, 0.25) is 5.91 Å². The van der Waals surface area contributed by atoms with Crippen LogP contribution in [0.2, 0.25) is 0 Å². The van der Waals surface area contributed by atoms with E-state index < -0.39 is 0 Å². The fourth-order valence-corrected chi connectivity index (χ4v) is 2.79. The van der Waals surface area contributed by atoms with E-state index in [1.54, 1.807) is 0 Å². The van der Waals surface area contributed by atoms with Gasteiger partial charge in [0.25, 0.3) is 0 Å². The molecule has 1 saturated carbocycles. The fourth-order valence-electron chi connectivity index (χ4n) is 2.79. The van der Waals surface area contributed by atoms with Crippen LogP contribution in [0.4, 0.5) is 0 Å². The summed E-state index contributed by atoms with van der Waals surface area (Å²) in [6.45, 7) is 10.7. The summed E-state index contributed by atoms with van der Waals surface area (Å²) in [7, 11) is 1.91. The van der Waals surface area contributed by atoms with E-state index in [2.05, 4.69) is 34.6 Å². The molecule has 17 heavy (non-hydrogen) atoms. The summed E-state index contributed by atoms with van der Waals surface area (Å²) in [4.78, 5) is 14.4. The van der Waals surface area contributed by atoms with Gasteiger partial charge in [-0.25, -0.2) is 0 Å². The van der Waals surface area contributed by atoms with Crippen LogP contribution in [0.3, 0.4) is 0 Å². The second-order valence-electron chi connectivity index (χ2n) is 6.45. The predicted molar refractivity (Wildman–Crippen MR) is 71.6 cm³/mol. The molecule has 0 aromatic heterocycles. The Balaban J connectivity index is 2.87. The lowest BCUT2D eigenvalue weighted by atomic mass is 9.60. The first kappa shape index (κ1) is 14.5. The third-order valence-corrected chi connectivity index (χ3v) is 4.92. The molecule has 2 N–H and O–H groups in total. The molecule has 3 heteroatoms. The summed E-state index contributed by atoms with van der Waals surface area (Å²) < 4.78 is 0. The maximum Gasteiger partial charge on any atom is 0.226 e. The van der Waals surface area contributed by atoms with Crippen molar-refractivity contribution in [2.24, 2.45) is 23.0 Å². The third-order valence-electron chi connectivity index (χ3n) is 4.92. The molecule has 3 unspecified atom stereocenters. The first-order valence-corrected chi connectivity index (χ1v) is 6.71. The molecule has 3 atom stereocenters. The maximum absolute atomic E-state index is 12.5. The number of carbonyl (C=O) groups is 1. The lowest BCUT2D eigenvalue weighted by Crippen LogP contribution is -2.52.